The molecule has 0 bridgehead atoms. The molecule has 0 radical (unpaired) electrons. The largest absolute Gasteiger partial charge is 0.366 e. The Morgan fingerprint density at radius 2 is 1.70 bits per heavy atom. The lowest BCUT2D eigenvalue weighted by molar-refractivity contribution is 0.100. The fraction of sp³-hybridized carbons (Fsp3) is 0.0435. The van der Waals surface area contributed by atoms with Crippen LogP contribution in [0.5, 0.6) is 0 Å². The van der Waals surface area contributed by atoms with Crippen molar-refractivity contribution >= 4 is 5.91 Å². The van der Waals surface area contributed by atoms with E-state index in [4.69, 9.17) is 5.73 Å². The number of carbonyl (C=O) groups excluding carboxylic acids is 1. The van der Waals surface area contributed by atoms with Gasteiger partial charge in [0.15, 0.2) is 0 Å². The molecule has 0 atom stereocenters. The zero-order valence-corrected chi connectivity index (χ0v) is 14.6. The van der Waals surface area contributed by atoms with Gasteiger partial charge in [-0.05, 0) is 41.0 Å². The normalized spacial score (nSPS) is 11.9. The molecule has 1 heterocycles. The van der Waals surface area contributed by atoms with Gasteiger partial charge in [-0.15, -0.1) is 0 Å². The molecule has 1 aromatic heterocycles. The Hall–Kier alpha value is -3.66. The summed E-state index contributed by atoms with van der Waals surface area (Å²) in [4.78, 5) is 11.5. The quantitative estimate of drug-likeness (QED) is 0.529. The zero-order valence-electron chi connectivity index (χ0n) is 14.6. The Morgan fingerprint density at radius 1 is 0.889 bits per heavy atom. The predicted octanol–water partition coefficient (Wildman–Crippen LogP) is 4.21. The van der Waals surface area contributed by atoms with Crippen molar-refractivity contribution < 1.29 is 4.79 Å². The SMILES string of the molecule is NC(=O)c1cccc(-c2ccc3c(c2)Cc2cnn(-c4ccccc4)c2-3)c1. The standard InChI is InChI=1S/C23H17N3O/c24-23(27)17-6-4-5-15(11-17)16-9-10-21-18(12-16)13-19-14-25-26(22(19)21)20-7-2-1-3-8-20/h1-12,14H,13H2,(H2,24,27). The number of amides is 1. The van der Waals surface area contributed by atoms with Crippen molar-refractivity contribution in [1.29, 1.82) is 0 Å². The van der Waals surface area contributed by atoms with Crippen molar-refractivity contribution in [3.05, 3.63) is 95.7 Å². The molecule has 0 fully saturated rings. The van der Waals surface area contributed by atoms with Gasteiger partial charge in [0.2, 0.25) is 5.91 Å². The minimum atomic E-state index is -0.409. The Morgan fingerprint density at radius 3 is 2.52 bits per heavy atom. The zero-order chi connectivity index (χ0) is 18.4. The molecule has 3 aromatic carbocycles. The highest BCUT2D eigenvalue weighted by atomic mass is 16.1. The van der Waals surface area contributed by atoms with Gasteiger partial charge in [0.25, 0.3) is 0 Å². The minimum Gasteiger partial charge on any atom is -0.366 e. The van der Waals surface area contributed by atoms with Crippen LogP contribution in [-0.2, 0) is 6.42 Å². The summed E-state index contributed by atoms with van der Waals surface area (Å²) in [5, 5.41) is 4.58. The summed E-state index contributed by atoms with van der Waals surface area (Å²) in [6, 6.07) is 24.1. The summed E-state index contributed by atoms with van der Waals surface area (Å²) in [7, 11) is 0. The first-order valence-electron chi connectivity index (χ1n) is 8.86. The summed E-state index contributed by atoms with van der Waals surface area (Å²) in [5.74, 6) is -0.409. The summed E-state index contributed by atoms with van der Waals surface area (Å²) in [5.41, 5.74) is 14.0. The average Bonchev–Trinajstić information content (AvgIpc) is 3.27. The second kappa shape index (κ2) is 5.95. The summed E-state index contributed by atoms with van der Waals surface area (Å²) >= 11 is 0. The maximum absolute atomic E-state index is 11.5. The third kappa shape index (κ3) is 2.54. The van der Waals surface area contributed by atoms with Crippen LogP contribution in [0.15, 0.2) is 79.0 Å². The van der Waals surface area contributed by atoms with Crippen molar-refractivity contribution in [2.75, 3.05) is 0 Å². The molecular formula is C23H17N3O. The van der Waals surface area contributed by atoms with Gasteiger partial charge < -0.3 is 5.73 Å². The second-order valence-electron chi connectivity index (χ2n) is 6.76. The number of hydrogen-bond acceptors (Lipinski definition) is 2. The van der Waals surface area contributed by atoms with Crippen molar-refractivity contribution in [3.63, 3.8) is 0 Å². The van der Waals surface area contributed by atoms with E-state index in [1.165, 1.54) is 16.7 Å². The molecule has 1 aliphatic rings. The van der Waals surface area contributed by atoms with Gasteiger partial charge in [0, 0.05) is 23.1 Å². The average molecular weight is 351 g/mol. The smallest absolute Gasteiger partial charge is 0.248 e. The molecular weight excluding hydrogens is 334 g/mol. The second-order valence-corrected chi connectivity index (χ2v) is 6.76. The van der Waals surface area contributed by atoms with E-state index in [2.05, 4.69) is 35.4 Å². The van der Waals surface area contributed by atoms with Crippen LogP contribution in [0, 0.1) is 0 Å². The number of hydrogen-bond donors (Lipinski definition) is 1. The molecule has 0 spiro atoms. The number of nitrogens with two attached hydrogens (primary N) is 1. The third-order valence-corrected chi connectivity index (χ3v) is 5.07. The molecule has 5 rings (SSSR count). The maximum Gasteiger partial charge on any atom is 0.248 e. The van der Waals surface area contributed by atoms with E-state index in [-0.39, 0.29) is 0 Å². The summed E-state index contributed by atoms with van der Waals surface area (Å²) in [6.45, 7) is 0. The molecule has 4 aromatic rings. The van der Waals surface area contributed by atoms with Crippen LogP contribution in [0.2, 0.25) is 0 Å². The van der Waals surface area contributed by atoms with Crippen LogP contribution in [-0.4, -0.2) is 15.7 Å². The molecule has 27 heavy (non-hydrogen) atoms. The Kier molecular flexibility index (Phi) is 3.44. The van der Waals surface area contributed by atoms with Gasteiger partial charge in [-0.2, -0.15) is 5.10 Å². The van der Waals surface area contributed by atoms with Crippen molar-refractivity contribution in [3.8, 4) is 28.1 Å². The first kappa shape index (κ1) is 15.6. The van der Waals surface area contributed by atoms with E-state index >= 15 is 0 Å². The van der Waals surface area contributed by atoms with Crippen molar-refractivity contribution in [2.45, 2.75) is 6.42 Å². The highest BCUT2D eigenvalue weighted by Gasteiger charge is 2.24. The van der Waals surface area contributed by atoms with Gasteiger partial charge in [-0.25, -0.2) is 4.68 Å². The predicted molar refractivity (Wildman–Crippen MR) is 106 cm³/mol. The lowest BCUT2D eigenvalue weighted by Crippen LogP contribution is -2.10. The van der Waals surface area contributed by atoms with Crippen LogP contribution < -0.4 is 5.73 Å². The fourth-order valence-corrected chi connectivity index (χ4v) is 3.77. The molecule has 0 saturated heterocycles. The van der Waals surface area contributed by atoms with E-state index in [0.29, 0.717) is 5.56 Å². The lowest BCUT2D eigenvalue weighted by Gasteiger charge is -2.09. The van der Waals surface area contributed by atoms with Crippen molar-refractivity contribution in [2.24, 2.45) is 5.73 Å². The van der Waals surface area contributed by atoms with Crippen molar-refractivity contribution in [1.82, 2.24) is 9.78 Å². The molecule has 2 N–H and O–H groups in total. The Labute approximate surface area is 156 Å². The molecule has 4 nitrogen and oxygen atoms in total. The van der Waals surface area contributed by atoms with Gasteiger partial charge in [-0.3, -0.25) is 4.79 Å². The van der Waals surface area contributed by atoms with E-state index in [0.717, 1.165) is 28.9 Å². The van der Waals surface area contributed by atoms with E-state index in [1.54, 1.807) is 6.07 Å². The molecule has 0 saturated carbocycles. The first-order valence-corrected chi connectivity index (χ1v) is 8.86. The molecule has 130 valence electrons. The van der Waals surface area contributed by atoms with Gasteiger partial charge in [0.1, 0.15) is 0 Å². The van der Waals surface area contributed by atoms with E-state index < -0.39 is 5.91 Å². The molecule has 1 amide bonds. The summed E-state index contributed by atoms with van der Waals surface area (Å²) < 4.78 is 2.01. The minimum absolute atomic E-state index is 0.409. The first-order chi connectivity index (χ1) is 13.2. The third-order valence-electron chi connectivity index (χ3n) is 5.07. The lowest BCUT2D eigenvalue weighted by atomic mass is 9.98. The van der Waals surface area contributed by atoms with E-state index in [9.17, 15) is 4.79 Å². The number of nitrogens with zero attached hydrogens (tertiary/aromatic N) is 2. The summed E-state index contributed by atoms with van der Waals surface area (Å²) in [6.07, 6.45) is 2.82. The van der Waals surface area contributed by atoms with Crippen LogP contribution in [0.1, 0.15) is 21.5 Å². The number of fused-ring (bicyclic) bond motifs is 3. The molecule has 1 aliphatic carbocycles. The monoisotopic (exact) mass is 351 g/mol. The molecule has 0 aliphatic heterocycles. The van der Waals surface area contributed by atoms with Gasteiger partial charge in [0.05, 0.1) is 17.6 Å². The van der Waals surface area contributed by atoms with Crippen LogP contribution in [0.4, 0.5) is 0 Å². The topological polar surface area (TPSA) is 60.9 Å². The maximum atomic E-state index is 11.5. The van der Waals surface area contributed by atoms with Gasteiger partial charge in [-0.1, -0.05) is 48.5 Å². The number of benzene rings is 3. The van der Waals surface area contributed by atoms with Crippen LogP contribution in [0.3, 0.4) is 0 Å². The van der Waals surface area contributed by atoms with E-state index in [1.807, 2.05) is 47.3 Å². The Bertz CT molecular complexity index is 1180. The number of para-hydroxylation sites is 1. The highest BCUT2D eigenvalue weighted by Crippen LogP contribution is 2.39. The number of aromatic nitrogens is 2. The molecule has 0 unspecified atom stereocenters. The number of rotatable bonds is 3. The van der Waals surface area contributed by atoms with Gasteiger partial charge >= 0.3 is 0 Å². The Balaban J connectivity index is 1.58. The molecule has 4 heteroatoms. The van der Waals surface area contributed by atoms with Crippen LogP contribution >= 0.6 is 0 Å². The number of primary amides is 1. The fourth-order valence-electron chi connectivity index (χ4n) is 3.77. The number of carbonyl (C=O) groups is 1. The highest BCUT2D eigenvalue weighted by molar-refractivity contribution is 5.94. The van der Waals surface area contributed by atoms with Crippen LogP contribution in [0.25, 0.3) is 28.1 Å².